The molecule has 2 aliphatic carbocycles. The zero-order valence-electron chi connectivity index (χ0n) is 13.1. The van der Waals surface area contributed by atoms with Crippen molar-refractivity contribution in [3.8, 4) is 0 Å². The number of H-pyrrole nitrogens is 1. The van der Waals surface area contributed by atoms with Crippen LogP contribution in [-0.4, -0.2) is 16.9 Å². The van der Waals surface area contributed by atoms with E-state index in [1.807, 2.05) is 0 Å². The maximum atomic E-state index is 14.9. The van der Waals surface area contributed by atoms with Gasteiger partial charge in [0.05, 0.1) is 11.1 Å². The molecule has 2 aromatic rings. The molecule has 4 nitrogen and oxygen atoms in total. The van der Waals surface area contributed by atoms with Crippen LogP contribution < -0.4 is 11.5 Å². The second-order valence-corrected chi connectivity index (χ2v) is 6.99. The summed E-state index contributed by atoms with van der Waals surface area (Å²) < 4.78 is 14.9. The van der Waals surface area contributed by atoms with Gasteiger partial charge in [0, 0.05) is 22.7 Å². The van der Waals surface area contributed by atoms with Crippen LogP contribution in [0.3, 0.4) is 0 Å². The summed E-state index contributed by atoms with van der Waals surface area (Å²) in [5, 5.41) is 0.908. The molecule has 1 amide bonds. The highest BCUT2D eigenvalue weighted by molar-refractivity contribution is 6.07. The van der Waals surface area contributed by atoms with Gasteiger partial charge in [0.25, 0.3) is 5.91 Å². The van der Waals surface area contributed by atoms with Gasteiger partial charge < -0.3 is 16.5 Å². The molecule has 1 fully saturated rings. The lowest BCUT2D eigenvalue weighted by Gasteiger charge is -2.28. The van der Waals surface area contributed by atoms with Crippen molar-refractivity contribution in [2.75, 3.05) is 0 Å². The smallest absolute Gasteiger partial charge is 0.250 e. The first kappa shape index (κ1) is 14.7. The molecule has 1 heterocycles. The molecule has 0 aliphatic heterocycles. The minimum Gasteiger partial charge on any atom is -0.366 e. The number of rotatable bonds is 2. The first-order valence-corrected chi connectivity index (χ1v) is 8.47. The van der Waals surface area contributed by atoms with Crippen LogP contribution >= 0.6 is 0 Å². The van der Waals surface area contributed by atoms with Crippen LogP contribution in [0, 0.1) is 5.82 Å². The van der Waals surface area contributed by atoms with E-state index < -0.39 is 5.91 Å². The van der Waals surface area contributed by atoms with Gasteiger partial charge in [-0.2, -0.15) is 0 Å². The highest BCUT2D eigenvalue weighted by Crippen LogP contribution is 2.42. The van der Waals surface area contributed by atoms with Crippen LogP contribution in [0.4, 0.5) is 4.39 Å². The number of halogens is 1. The van der Waals surface area contributed by atoms with Gasteiger partial charge in [-0.05, 0) is 56.1 Å². The van der Waals surface area contributed by atoms with Crippen molar-refractivity contribution >= 4 is 16.8 Å². The Morgan fingerprint density at radius 2 is 2.09 bits per heavy atom. The van der Waals surface area contributed by atoms with Gasteiger partial charge in [0.2, 0.25) is 0 Å². The van der Waals surface area contributed by atoms with Crippen molar-refractivity contribution < 1.29 is 9.18 Å². The number of benzene rings is 1. The van der Waals surface area contributed by atoms with Crippen LogP contribution in [0.2, 0.25) is 0 Å². The van der Waals surface area contributed by atoms with Crippen molar-refractivity contribution in [1.82, 2.24) is 4.98 Å². The zero-order chi connectivity index (χ0) is 16.1. The quantitative estimate of drug-likeness (QED) is 0.796. The molecular formula is C18H22FN3O. The normalized spacial score (nSPS) is 24.1. The van der Waals surface area contributed by atoms with Gasteiger partial charge in [0.15, 0.2) is 0 Å². The molecule has 2 atom stereocenters. The van der Waals surface area contributed by atoms with Gasteiger partial charge in [0.1, 0.15) is 5.82 Å². The lowest BCUT2D eigenvalue weighted by Crippen LogP contribution is -2.27. The van der Waals surface area contributed by atoms with Crippen LogP contribution in [0.25, 0.3) is 10.9 Å². The molecule has 2 aliphatic rings. The lowest BCUT2D eigenvalue weighted by molar-refractivity contribution is 0.100. The summed E-state index contributed by atoms with van der Waals surface area (Å²) in [6, 6.07) is 1.44. The Kier molecular flexibility index (Phi) is 3.41. The van der Waals surface area contributed by atoms with Gasteiger partial charge in [-0.1, -0.05) is 6.42 Å². The topological polar surface area (TPSA) is 84.9 Å². The number of hydrogen-bond donors (Lipinski definition) is 3. The number of hydrogen-bond acceptors (Lipinski definition) is 2. The van der Waals surface area contributed by atoms with Crippen LogP contribution in [-0.2, 0) is 12.8 Å². The molecule has 0 saturated heterocycles. The third-order valence-electron chi connectivity index (χ3n) is 5.50. The number of primary amides is 1. The molecule has 1 saturated carbocycles. The molecule has 1 aromatic heterocycles. The Morgan fingerprint density at radius 3 is 2.83 bits per heavy atom. The summed E-state index contributed by atoms with van der Waals surface area (Å²) in [5.74, 6) is -0.761. The molecule has 0 bridgehead atoms. The Hall–Kier alpha value is -1.88. The number of carbonyl (C=O) groups is 1. The predicted octanol–water partition coefficient (Wildman–Crippen LogP) is 2.88. The van der Waals surface area contributed by atoms with E-state index in [1.54, 1.807) is 0 Å². The van der Waals surface area contributed by atoms with E-state index in [9.17, 15) is 9.18 Å². The summed E-state index contributed by atoms with van der Waals surface area (Å²) in [6.45, 7) is 0. The summed E-state index contributed by atoms with van der Waals surface area (Å²) in [5.41, 5.74) is 15.6. The monoisotopic (exact) mass is 315 g/mol. The molecule has 4 rings (SSSR count). The minimum atomic E-state index is -0.583. The lowest BCUT2D eigenvalue weighted by atomic mass is 9.79. The van der Waals surface area contributed by atoms with E-state index in [0.717, 1.165) is 67.1 Å². The first-order valence-electron chi connectivity index (χ1n) is 8.47. The van der Waals surface area contributed by atoms with E-state index >= 15 is 0 Å². The van der Waals surface area contributed by atoms with Crippen LogP contribution in [0.5, 0.6) is 0 Å². The number of carbonyl (C=O) groups excluding carboxylic acids is 1. The number of amides is 1. The molecule has 1 aromatic carbocycles. The standard InChI is InChI=1S/C18H22FN3O/c19-13-8-12(18(21)23)17-16(11-5-2-6-14(11)22-17)15(13)9-3-1-4-10(20)7-9/h8-10,22H,1-7,20H2,(H2,21,23)/t9?,10-/m0/s1. The minimum absolute atomic E-state index is 0.128. The summed E-state index contributed by atoms with van der Waals surface area (Å²) in [6.07, 6.45) is 6.75. The number of nitrogens with one attached hydrogen (secondary N) is 1. The third kappa shape index (κ3) is 2.26. The Balaban J connectivity index is 1.98. The van der Waals surface area contributed by atoms with Gasteiger partial charge in [-0.25, -0.2) is 4.39 Å². The summed E-state index contributed by atoms with van der Waals surface area (Å²) in [7, 11) is 0. The van der Waals surface area contributed by atoms with E-state index in [4.69, 9.17) is 11.5 Å². The maximum absolute atomic E-state index is 14.9. The Morgan fingerprint density at radius 1 is 1.26 bits per heavy atom. The van der Waals surface area contributed by atoms with Crippen molar-refractivity contribution in [2.45, 2.75) is 56.9 Å². The van der Waals surface area contributed by atoms with Crippen molar-refractivity contribution in [2.24, 2.45) is 11.5 Å². The van der Waals surface area contributed by atoms with E-state index in [0.29, 0.717) is 0 Å². The molecular weight excluding hydrogens is 293 g/mol. The fourth-order valence-corrected chi connectivity index (χ4v) is 4.50. The van der Waals surface area contributed by atoms with Crippen molar-refractivity contribution in [3.05, 3.63) is 34.3 Å². The van der Waals surface area contributed by atoms with E-state index in [2.05, 4.69) is 4.98 Å². The predicted molar refractivity (Wildman–Crippen MR) is 88.0 cm³/mol. The SMILES string of the molecule is NC(=O)c1cc(F)c(C2CCC[C@H](N)C2)c2c3c([nH]c12)CCC3. The Bertz CT molecular complexity index is 795. The second kappa shape index (κ2) is 5.34. The maximum Gasteiger partial charge on any atom is 0.250 e. The molecule has 0 spiro atoms. The summed E-state index contributed by atoms with van der Waals surface area (Å²) in [4.78, 5) is 15.1. The van der Waals surface area contributed by atoms with E-state index in [-0.39, 0.29) is 23.3 Å². The fourth-order valence-electron chi connectivity index (χ4n) is 4.50. The molecule has 1 unspecified atom stereocenters. The zero-order valence-corrected chi connectivity index (χ0v) is 13.1. The van der Waals surface area contributed by atoms with E-state index in [1.165, 1.54) is 11.6 Å². The number of fused-ring (bicyclic) bond motifs is 3. The fraction of sp³-hybridized carbons (Fsp3) is 0.500. The van der Waals surface area contributed by atoms with Crippen LogP contribution in [0.1, 0.15) is 65.2 Å². The number of aryl methyl sites for hydroxylation is 2. The first-order chi connectivity index (χ1) is 11.1. The summed E-state index contributed by atoms with van der Waals surface area (Å²) >= 11 is 0. The molecule has 5 heteroatoms. The molecule has 5 N–H and O–H groups in total. The van der Waals surface area contributed by atoms with Crippen LogP contribution in [0.15, 0.2) is 6.07 Å². The van der Waals surface area contributed by atoms with Gasteiger partial charge in [-0.3, -0.25) is 4.79 Å². The van der Waals surface area contributed by atoms with Gasteiger partial charge >= 0.3 is 0 Å². The third-order valence-corrected chi connectivity index (χ3v) is 5.50. The highest BCUT2D eigenvalue weighted by atomic mass is 19.1. The Labute approximate surface area is 134 Å². The largest absolute Gasteiger partial charge is 0.366 e. The van der Waals surface area contributed by atoms with Crippen molar-refractivity contribution in [3.63, 3.8) is 0 Å². The average Bonchev–Trinajstić information content (AvgIpc) is 3.07. The van der Waals surface area contributed by atoms with Crippen molar-refractivity contribution in [1.29, 1.82) is 0 Å². The number of aromatic amines is 1. The molecule has 122 valence electrons. The number of aromatic nitrogens is 1. The molecule has 0 radical (unpaired) electrons. The molecule has 23 heavy (non-hydrogen) atoms. The highest BCUT2D eigenvalue weighted by Gasteiger charge is 2.30. The number of nitrogens with two attached hydrogens (primary N) is 2. The second-order valence-electron chi connectivity index (χ2n) is 6.99. The van der Waals surface area contributed by atoms with Gasteiger partial charge in [-0.15, -0.1) is 0 Å². The average molecular weight is 315 g/mol.